The standard InChI is InChI=1S/C11H11BrO2/c12-10-8-4-2-1-3-7(8)5-6-9(10)11(13)14/h5-6H,1-4H2,(H,13,14). The fourth-order valence-corrected chi connectivity index (χ4v) is 2.70. The third kappa shape index (κ3) is 1.57. The van der Waals surface area contributed by atoms with E-state index in [-0.39, 0.29) is 0 Å². The van der Waals surface area contributed by atoms with Gasteiger partial charge in [0.2, 0.25) is 0 Å². The SMILES string of the molecule is O=C(O)c1ccc2c(c1Br)CCCC2. The Balaban J connectivity index is 2.54. The average Bonchev–Trinajstić information content (AvgIpc) is 2.18. The maximum absolute atomic E-state index is 10.9. The first-order valence-corrected chi connectivity index (χ1v) is 5.53. The molecule has 0 bridgehead atoms. The minimum Gasteiger partial charge on any atom is -0.478 e. The smallest absolute Gasteiger partial charge is 0.336 e. The normalized spacial score (nSPS) is 14.9. The fraction of sp³-hybridized carbons (Fsp3) is 0.364. The lowest BCUT2D eigenvalue weighted by Crippen LogP contribution is -2.07. The van der Waals surface area contributed by atoms with Crippen molar-refractivity contribution in [3.8, 4) is 0 Å². The number of rotatable bonds is 1. The Kier molecular flexibility index (Phi) is 2.59. The first-order chi connectivity index (χ1) is 6.70. The number of halogens is 1. The Bertz CT molecular complexity index is 385. The van der Waals surface area contributed by atoms with Gasteiger partial charge in [-0.1, -0.05) is 6.07 Å². The summed E-state index contributed by atoms with van der Waals surface area (Å²) in [6.45, 7) is 0. The highest BCUT2D eigenvalue weighted by atomic mass is 79.9. The predicted octanol–water partition coefficient (Wildman–Crippen LogP) is 3.03. The van der Waals surface area contributed by atoms with Crippen molar-refractivity contribution in [2.45, 2.75) is 25.7 Å². The summed E-state index contributed by atoms with van der Waals surface area (Å²) >= 11 is 3.39. The van der Waals surface area contributed by atoms with Crippen molar-refractivity contribution in [2.75, 3.05) is 0 Å². The van der Waals surface area contributed by atoms with Gasteiger partial charge in [-0.15, -0.1) is 0 Å². The van der Waals surface area contributed by atoms with Gasteiger partial charge in [-0.3, -0.25) is 0 Å². The number of carbonyl (C=O) groups is 1. The average molecular weight is 255 g/mol. The topological polar surface area (TPSA) is 37.3 Å². The van der Waals surface area contributed by atoms with Crippen molar-refractivity contribution >= 4 is 21.9 Å². The number of carboxylic acids is 1. The lowest BCUT2D eigenvalue weighted by molar-refractivity contribution is 0.0695. The van der Waals surface area contributed by atoms with Gasteiger partial charge in [-0.25, -0.2) is 4.79 Å². The van der Waals surface area contributed by atoms with E-state index in [9.17, 15) is 4.79 Å². The Hall–Kier alpha value is -0.830. The summed E-state index contributed by atoms with van der Waals surface area (Å²) in [5, 5.41) is 8.94. The number of carboxylic acid groups (broad SMARTS) is 1. The zero-order valence-electron chi connectivity index (χ0n) is 7.72. The van der Waals surface area contributed by atoms with E-state index < -0.39 is 5.97 Å². The molecule has 0 saturated carbocycles. The molecule has 1 aliphatic carbocycles. The van der Waals surface area contributed by atoms with Crippen LogP contribution in [0.3, 0.4) is 0 Å². The molecule has 0 saturated heterocycles. The van der Waals surface area contributed by atoms with E-state index in [0.717, 1.165) is 23.7 Å². The van der Waals surface area contributed by atoms with Crippen LogP contribution in [-0.2, 0) is 12.8 Å². The molecule has 0 aromatic heterocycles. The van der Waals surface area contributed by atoms with Gasteiger partial charge < -0.3 is 5.11 Å². The molecule has 3 heteroatoms. The second kappa shape index (κ2) is 3.73. The van der Waals surface area contributed by atoms with Crippen molar-refractivity contribution in [1.82, 2.24) is 0 Å². The van der Waals surface area contributed by atoms with E-state index in [1.165, 1.54) is 17.5 Å². The van der Waals surface area contributed by atoms with Crippen LogP contribution in [0.15, 0.2) is 16.6 Å². The molecule has 0 radical (unpaired) electrons. The van der Waals surface area contributed by atoms with Crippen LogP contribution in [0.25, 0.3) is 0 Å². The molecule has 1 N–H and O–H groups in total. The van der Waals surface area contributed by atoms with Gasteiger partial charge in [-0.2, -0.15) is 0 Å². The third-order valence-corrected chi connectivity index (χ3v) is 3.60. The monoisotopic (exact) mass is 254 g/mol. The van der Waals surface area contributed by atoms with Gasteiger partial charge in [-0.05, 0) is 58.8 Å². The first-order valence-electron chi connectivity index (χ1n) is 4.73. The first kappa shape index (κ1) is 9.71. The Morgan fingerprint density at radius 1 is 1.29 bits per heavy atom. The number of hydrogen-bond donors (Lipinski definition) is 1. The molecule has 0 aliphatic heterocycles. The van der Waals surface area contributed by atoms with Gasteiger partial charge in [0.05, 0.1) is 5.56 Å². The number of fused-ring (bicyclic) bond motifs is 1. The molecule has 0 atom stereocenters. The third-order valence-electron chi connectivity index (χ3n) is 2.69. The van der Waals surface area contributed by atoms with Crippen molar-refractivity contribution in [2.24, 2.45) is 0 Å². The summed E-state index contributed by atoms with van der Waals surface area (Å²) in [6.07, 6.45) is 4.45. The van der Waals surface area contributed by atoms with E-state index in [1.54, 1.807) is 6.07 Å². The lowest BCUT2D eigenvalue weighted by atomic mass is 9.90. The van der Waals surface area contributed by atoms with Crippen LogP contribution in [-0.4, -0.2) is 11.1 Å². The van der Waals surface area contributed by atoms with Crippen LogP contribution in [0.5, 0.6) is 0 Å². The van der Waals surface area contributed by atoms with Crippen molar-refractivity contribution in [3.63, 3.8) is 0 Å². The summed E-state index contributed by atoms with van der Waals surface area (Å²) in [7, 11) is 0. The number of aryl methyl sites for hydroxylation is 1. The zero-order chi connectivity index (χ0) is 10.1. The second-order valence-corrected chi connectivity index (χ2v) is 4.37. The molecule has 0 amide bonds. The molecule has 0 fully saturated rings. The Morgan fingerprint density at radius 3 is 2.71 bits per heavy atom. The molecule has 2 nitrogen and oxygen atoms in total. The summed E-state index contributed by atoms with van der Waals surface area (Å²) < 4.78 is 0.780. The van der Waals surface area contributed by atoms with E-state index in [0.29, 0.717) is 5.56 Å². The summed E-state index contributed by atoms with van der Waals surface area (Å²) in [5.41, 5.74) is 2.87. The number of benzene rings is 1. The number of hydrogen-bond acceptors (Lipinski definition) is 1. The van der Waals surface area contributed by atoms with Crippen molar-refractivity contribution in [1.29, 1.82) is 0 Å². The molecule has 74 valence electrons. The summed E-state index contributed by atoms with van der Waals surface area (Å²) in [6, 6.07) is 3.64. The van der Waals surface area contributed by atoms with Crippen LogP contribution < -0.4 is 0 Å². The van der Waals surface area contributed by atoms with Crippen LogP contribution in [0.2, 0.25) is 0 Å². The molecule has 0 unspecified atom stereocenters. The van der Waals surface area contributed by atoms with Gasteiger partial charge in [0.25, 0.3) is 0 Å². The highest BCUT2D eigenvalue weighted by Crippen LogP contribution is 2.30. The predicted molar refractivity (Wildman–Crippen MR) is 57.7 cm³/mol. The molecule has 1 aromatic rings. The van der Waals surface area contributed by atoms with E-state index in [2.05, 4.69) is 15.9 Å². The molecule has 0 spiro atoms. The molecular formula is C11H11BrO2. The minimum atomic E-state index is -0.856. The van der Waals surface area contributed by atoms with Crippen molar-refractivity contribution < 1.29 is 9.90 Å². The maximum Gasteiger partial charge on any atom is 0.336 e. The highest BCUT2D eigenvalue weighted by Gasteiger charge is 2.17. The minimum absolute atomic E-state index is 0.380. The Labute approximate surface area is 91.1 Å². The largest absolute Gasteiger partial charge is 0.478 e. The number of aromatic carboxylic acids is 1. The summed E-state index contributed by atoms with van der Waals surface area (Å²) in [5.74, 6) is -0.856. The highest BCUT2D eigenvalue weighted by molar-refractivity contribution is 9.10. The Morgan fingerprint density at radius 2 is 2.00 bits per heavy atom. The van der Waals surface area contributed by atoms with Gasteiger partial charge in [0, 0.05) is 4.47 Å². The van der Waals surface area contributed by atoms with Crippen LogP contribution in [0.4, 0.5) is 0 Å². The molecule has 0 heterocycles. The van der Waals surface area contributed by atoms with Crippen LogP contribution in [0, 0.1) is 0 Å². The lowest BCUT2D eigenvalue weighted by Gasteiger charge is -2.18. The van der Waals surface area contributed by atoms with Crippen LogP contribution >= 0.6 is 15.9 Å². The van der Waals surface area contributed by atoms with Gasteiger partial charge in [0.15, 0.2) is 0 Å². The zero-order valence-corrected chi connectivity index (χ0v) is 9.30. The quantitative estimate of drug-likeness (QED) is 0.837. The van der Waals surface area contributed by atoms with E-state index in [4.69, 9.17) is 5.11 Å². The van der Waals surface area contributed by atoms with E-state index in [1.807, 2.05) is 6.07 Å². The fourth-order valence-electron chi connectivity index (χ4n) is 1.95. The molecule has 2 rings (SSSR count). The van der Waals surface area contributed by atoms with E-state index >= 15 is 0 Å². The molecule has 1 aliphatic rings. The molecule has 1 aromatic carbocycles. The maximum atomic E-state index is 10.9. The summed E-state index contributed by atoms with van der Waals surface area (Å²) in [4.78, 5) is 10.9. The van der Waals surface area contributed by atoms with Gasteiger partial charge >= 0.3 is 5.97 Å². The van der Waals surface area contributed by atoms with Crippen molar-refractivity contribution in [3.05, 3.63) is 33.3 Å². The van der Waals surface area contributed by atoms with Gasteiger partial charge in [0.1, 0.15) is 0 Å². The second-order valence-electron chi connectivity index (χ2n) is 3.58. The molecule has 14 heavy (non-hydrogen) atoms. The molecular weight excluding hydrogens is 244 g/mol. The van der Waals surface area contributed by atoms with Crippen LogP contribution in [0.1, 0.15) is 34.3 Å².